The van der Waals surface area contributed by atoms with Crippen molar-refractivity contribution in [3.63, 3.8) is 0 Å². The Morgan fingerprint density at radius 2 is 2.50 bits per heavy atom. The Morgan fingerprint density at radius 3 is 2.67 bits per heavy atom. The predicted molar refractivity (Wildman–Crippen MR) is 21.9 cm³/mol. The Kier molecular flexibility index (Phi) is 3.75. The summed E-state index contributed by atoms with van der Waals surface area (Å²) in [5.41, 5.74) is 0. The van der Waals surface area contributed by atoms with Crippen molar-refractivity contribution in [2.75, 3.05) is 7.11 Å². The van der Waals surface area contributed by atoms with Gasteiger partial charge >= 0.3 is 0 Å². The molecule has 0 bridgehead atoms. The summed E-state index contributed by atoms with van der Waals surface area (Å²) in [6.45, 7) is 0. The Morgan fingerprint density at radius 1 is 1.83 bits per heavy atom. The second-order valence-corrected chi connectivity index (χ2v) is 0.560. The average molecular weight is 88.1 g/mol. The molecular weight excluding hydrogens is 82.0 g/mol. The minimum atomic E-state index is 1.10. The summed E-state index contributed by atoms with van der Waals surface area (Å²) in [6, 6.07) is 0. The van der Waals surface area contributed by atoms with Crippen molar-refractivity contribution < 1.29 is 9.57 Å². The van der Waals surface area contributed by atoms with Crippen LogP contribution in [0.2, 0.25) is 0 Å². The molecule has 0 aromatic rings. The van der Waals surface area contributed by atoms with Crippen LogP contribution in [-0.2, 0) is 9.57 Å². The molecule has 0 amide bonds. The SMILES string of the molecule is [CH2]OC=NOC. The molecule has 0 heterocycles. The van der Waals surface area contributed by atoms with Crippen molar-refractivity contribution in [1.82, 2.24) is 0 Å². The van der Waals surface area contributed by atoms with E-state index in [0.29, 0.717) is 0 Å². The second-order valence-electron chi connectivity index (χ2n) is 0.560. The van der Waals surface area contributed by atoms with Crippen LogP contribution in [0.1, 0.15) is 0 Å². The molecule has 6 heavy (non-hydrogen) atoms. The van der Waals surface area contributed by atoms with Crippen LogP contribution in [0.25, 0.3) is 0 Å². The normalized spacial score (nSPS) is 9.00. The Labute approximate surface area is 36.5 Å². The minimum absolute atomic E-state index is 1.10. The molecule has 0 saturated heterocycles. The third kappa shape index (κ3) is 3.27. The first kappa shape index (κ1) is 5.27. The number of hydrogen-bond acceptors (Lipinski definition) is 3. The van der Waals surface area contributed by atoms with Gasteiger partial charge in [0.15, 0.2) is 0 Å². The summed E-state index contributed by atoms with van der Waals surface area (Å²) in [4.78, 5) is 4.19. The van der Waals surface area contributed by atoms with Crippen molar-refractivity contribution in [3.05, 3.63) is 7.11 Å². The van der Waals surface area contributed by atoms with Gasteiger partial charge in [-0.2, -0.15) is 0 Å². The van der Waals surface area contributed by atoms with Gasteiger partial charge in [-0.3, -0.25) is 0 Å². The molecule has 0 saturated carbocycles. The fourth-order valence-electron chi connectivity index (χ4n) is 0.0735. The van der Waals surface area contributed by atoms with Crippen LogP contribution in [0.5, 0.6) is 0 Å². The monoisotopic (exact) mass is 88.0 g/mol. The zero-order valence-corrected chi connectivity index (χ0v) is 3.55. The highest BCUT2D eigenvalue weighted by atomic mass is 16.6. The Balaban J connectivity index is 2.73. The maximum atomic E-state index is 4.19. The van der Waals surface area contributed by atoms with Crippen molar-refractivity contribution >= 4 is 6.40 Å². The maximum absolute atomic E-state index is 4.19. The molecule has 3 heteroatoms. The molecule has 0 fully saturated rings. The first-order chi connectivity index (χ1) is 2.91. The molecule has 1 radical (unpaired) electrons. The van der Waals surface area contributed by atoms with Crippen molar-refractivity contribution in [2.45, 2.75) is 0 Å². The first-order valence-electron chi connectivity index (χ1n) is 1.37. The van der Waals surface area contributed by atoms with E-state index in [-0.39, 0.29) is 0 Å². The van der Waals surface area contributed by atoms with E-state index < -0.39 is 0 Å². The molecule has 35 valence electrons. The first-order valence-corrected chi connectivity index (χ1v) is 1.37. The smallest absolute Gasteiger partial charge is 0.212 e. The van der Waals surface area contributed by atoms with E-state index in [1.807, 2.05) is 0 Å². The number of ether oxygens (including phenoxy) is 1. The molecule has 0 aromatic heterocycles. The third-order valence-electron chi connectivity index (χ3n) is 0.223. The molecule has 0 aromatic carbocycles. The van der Waals surface area contributed by atoms with E-state index in [4.69, 9.17) is 0 Å². The minimum Gasteiger partial charge on any atom is -0.477 e. The molecule has 0 spiro atoms. The van der Waals surface area contributed by atoms with Crippen LogP contribution in [0, 0.1) is 7.11 Å². The summed E-state index contributed by atoms with van der Waals surface area (Å²) in [5, 5.41) is 3.18. The summed E-state index contributed by atoms with van der Waals surface area (Å²) in [6.07, 6.45) is 1.10. The highest BCUT2D eigenvalue weighted by molar-refractivity contribution is 5.44. The number of oxime groups is 1. The van der Waals surface area contributed by atoms with Gasteiger partial charge in [0.2, 0.25) is 6.40 Å². The van der Waals surface area contributed by atoms with Crippen molar-refractivity contribution in [3.8, 4) is 0 Å². The number of nitrogens with zero attached hydrogens (tertiary/aromatic N) is 1. The van der Waals surface area contributed by atoms with E-state index in [2.05, 4.69) is 21.8 Å². The molecule has 0 aliphatic rings. The maximum Gasteiger partial charge on any atom is 0.212 e. The lowest BCUT2D eigenvalue weighted by molar-refractivity contribution is 0.206. The fraction of sp³-hybridized carbons (Fsp3) is 0.333. The van der Waals surface area contributed by atoms with Gasteiger partial charge in [-0.1, -0.05) is 5.16 Å². The zero-order valence-electron chi connectivity index (χ0n) is 3.55. The summed E-state index contributed by atoms with van der Waals surface area (Å²) in [7, 11) is 4.42. The molecule has 3 nitrogen and oxygen atoms in total. The highest BCUT2D eigenvalue weighted by Gasteiger charge is 1.56. The van der Waals surface area contributed by atoms with E-state index in [1.165, 1.54) is 7.11 Å². The van der Waals surface area contributed by atoms with Crippen LogP contribution in [0.4, 0.5) is 0 Å². The van der Waals surface area contributed by atoms with Crippen molar-refractivity contribution in [2.24, 2.45) is 5.16 Å². The average Bonchev–Trinajstić information content (AvgIpc) is 1.61. The van der Waals surface area contributed by atoms with Crippen LogP contribution in [-0.4, -0.2) is 13.5 Å². The van der Waals surface area contributed by atoms with Gasteiger partial charge in [-0.05, 0) is 0 Å². The van der Waals surface area contributed by atoms with Gasteiger partial charge in [0.05, 0.1) is 0 Å². The summed E-state index contributed by atoms with van der Waals surface area (Å²) >= 11 is 0. The Hall–Kier alpha value is -0.730. The lowest BCUT2D eigenvalue weighted by atomic mass is 11.4. The lowest BCUT2D eigenvalue weighted by Crippen LogP contribution is -1.73. The Bertz CT molecular complexity index is 38.1. The summed E-state index contributed by atoms with van der Waals surface area (Å²) in [5.74, 6) is 0. The van der Waals surface area contributed by atoms with Gasteiger partial charge in [0.1, 0.15) is 14.2 Å². The number of rotatable bonds is 2. The molecule has 0 aliphatic heterocycles. The second kappa shape index (κ2) is 4.27. The van der Waals surface area contributed by atoms with Gasteiger partial charge in [0.25, 0.3) is 0 Å². The van der Waals surface area contributed by atoms with Crippen molar-refractivity contribution in [1.29, 1.82) is 0 Å². The summed E-state index contributed by atoms with van der Waals surface area (Å²) < 4.78 is 4.12. The van der Waals surface area contributed by atoms with Crippen LogP contribution >= 0.6 is 0 Å². The van der Waals surface area contributed by atoms with Gasteiger partial charge in [0, 0.05) is 0 Å². The molecule has 0 aliphatic carbocycles. The van der Waals surface area contributed by atoms with Gasteiger partial charge in [-0.25, -0.2) is 0 Å². The largest absolute Gasteiger partial charge is 0.477 e. The van der Waals surface area contributed by atoms with Gasteiger partial charge < -0.3 is 9.57 Å². The third-order valence-corrected chi connectivity index (χ3v) is 0.223. The standard InChI is InChI=1S/C3H6NO2/c1-5-3-4-6-2/h3H,1H2,2H3. The van der Waals surface area contributed by atoms with Gasteiger partial charge in [-0.15, -0.1) is 0 Å². The fourth-order valence-corrected chi connectivity index (χ4v) is 0.0735. The zero-order chi connectivity index (χ0) is 4.83. The van der Waals surface area contributed by atoms with Crippen LogP contribution in [0.15, 0.2) is 5.16 Å². The van der Waals surface area contributed by atoms with Crippen LogP contribution < -0.4 is 0 Å². The molecular formula is C3H6NO2. The molecule has 0 atom stereocenters. The van der Waals surface area contributed by atoms with E-state index >= 15 is 0 Å². The highest BCUT2D eigenvalue weighted by Crippen LogP contribution is 1.62. The molecule has 0 N–H and O–H groups in total. The van der Waals surface area contributed by atoms with Crippen LogP contribution in [0.3, 0.4) is 0 Å². The molecule has 0 unspecified atom stereocenters. The lowest BCUT2D eigenvalue weighted by Gasteiger charge is -1.81. The van der Waals surface area contributed by atoms with E-state index in [0.717, 1.165) is 6.40 Å². The molecule has 0 rings (SSSR count). The number of hydrogen-bond donors (Lipinski definition) is 0. The topological polar surface area (TPSA) is 30.8 Å². The van der Waals surface area contributed by atoms with E-state index in [9.17, 15) is 0 Å². The quantitative estimate of drug-likeness (QED) is 0.277. The predicted octanol–water partition coefficient (Wildman–Crippen LogP) is 0.384. The van der Waals surface area contributed by atoms with E-state index in [1.54, 1.807) is 0 Å².